The molecule has 0 spiro atoms. The predicted molar refractivity (Wildman–Crippen MR) is 66.1 cm³/mol. The van der Waals surface area contributed by atoms with E-state index in [1.807, 2.05) is 24.3 Å². The van der Waals surface area contributed by atoms with Gasteiger partial charge in [0.25, 0.3) is 0 Å². The van der Waals surface area contributed by atoms with E-state index in [1.165, 1.54) is 0 Å². The highest BCUT2D eigenvalue weighted by Gasteiger charge is 2.15. The van der Waals surface area contributed by atoms with Gasteiger partial charge in [-0.1, -0.05) is 6.07 Å². The minimum absolute atomic E-state index is 0.280. The molecular weight excluding hydrogens is 218 g/mol. The van der Waals surface area contributed by atoms with Crippen LogP contribution in [0.5, 0.6) is 5.75 Å². The molecule has 1 heterocycles. The van der Waals surface area contributed by atoms with Crippen molar-refractivity contribution in [3.8, 4) is 5.75 Å². The molecule has 0 amide bonds. The highest BCUT2D eigenvalue weighted by molar-refractivity contribution is 5.43. The van der Waals surface area contributed by atoms with E-state index in [4.69, 9.17) is 19.9 Å². The number of benzene rings is 1. The molecule has 0 aliphatic carbocycles. The Morgan fingerprint density at radius 1 is 1.35 bits per heavy atom. The Morgan fingerprint density at radius 2 is 2.29 bits per heavy atom. The minimum atomic E-state index is 0.280. The van der Waals surface area contributed by atoms with Gasteiger partial charge >= 0.3 is 0 Å². The van der Waals surface area contributed by atoms with Gasteiger partial charge in [-0.15, -0.1) is 0 Å². The van der Waals surface area contributed by atoms with Crippen molar-refractivity contribution in [2.24, 2.45) is 0 Å². The van der Waals surface area contributed by atoms with E-state index in [-0.39, 0.29) is 6.10 Å². The molecule has 1 aromatic carbocycles. The van der Waals surface area contributed by atoms with Crippen molar-refractivity contribution in [3.05, 3.63) is 24.3 Å². The summed E-state index contributed by atoms with van der Waals surface area (Å²) in [5, 5.41) is 0. The first kappa shape index (κ1) is 12.2. The van der Waals surface area contributed by atoms with Gasteiger partial charge in [0.15, 0.2) is 0 Å². The maximum atomic E-state index is 5.65. The topological polar surface area (TPSA) is 53.7 Å². The van der Waals surface area contributed by atoms with Gasteiger partial charge in [0.2, 0.25) is 0 Å². The van der Waals surface area contributed by atoms with E-state index < -0.39 is 0 Å². The summed E-state index contributed by atoms with van der Waals surface area (Å²) in [7, 11) is 0. The molecule has 94 valence electrons. The molecule has 4 heteroatoms. The van der Waals surface area contributed by atoms with Crippen LogP contribution in [0, 0.1) is 0 Å². The molecular formula is C13H19NO3. The molecule has 1 fully saturated rings. The van der Waals surface area contributed by atoms with Gasteiger partial charge in [-0.25, -0.2) is 0 Å². The van der Waals surface area contributed by atoms with Crippen LogP contribution in [-0.2, 0) is 9.47 Å². The fraction of sp³-hybridized carbons (Fsp3) is 0.538. The molecule has 0 bridgehead atoms. The first-order valence-corrected chi connectivity index (χ1v) is 6.02. The van der Waals surface area contributed by atoms with Crippen LogP contribution in [0.3, 0.4) is 0 Å². The van der Waals surface area contributed by atoms with E-state index >= 15 is 0 Å². The molecule has 1 saturated heterocycles. The van der Waals surface area contributed by atoms with Gasteiger partial charge in [-0.3, -0.25) is 0 Å². The average molecular weight is 237 g/mol. The molecule has 0 saturated carbocycles. The molecule has 2 rings (SSSR count). The summed E-state index contributed by atoms with van der Waals surface area (Å²) in [6, 6.07) is 7.46. The van der Waals surface area contributed by atoms with Gasteiger partial charge in [-0.2, -0.15) is 0 Å². The van der Waals surface area contributed by atoms with E-state index in [0.717, 1.165) is 44.1 Å². The SMILES string of the molecule is Nc1cccc(OCCCOC2CCOC2)c1. The normalized spacial score (nSPS) is 19.4. The van der Waals surface area contributed by atoms with Crippen molar-refractivity contribution in [1.82, 2.24) is 0 Å². The van der Waals surface area contributed by atoms with Crippen LogP contribution >= 0.6 is 0 Å². The third-order valence-electron chi connectivity index (χ3n) is 2.66. The summed E-state index contributed by atoms with van der Waals surface area (Å²) in [5.74, 6) is 0.814. The van der Waals surface area contributed by atoms with E-state index in [9.17, 15) is 0 Å². The number of nitrogens with two attached hydrogens (primary N) is 1. The highest BCUT2D eigenvalue weighted by atomic mass is 16.5. The Kier molecular flexibility index (Phi) is 4.64. The lowest BCUT2D eigenvalue weighted by atomic mass is 10.3. The van der Waals surface area contributed by atoms with Gasteiger partial charge in [0.1, 0.15) is 5.75 Å². The van der Waals surface area contributed by atoms with Crippen LogP contribution in [0.2, 0.25) is 0 Å². The zero-order chi connectivity index (χ0) is 11.9. The number of rotatable bonds is 6. The van der Waals surface area contributed by atoms with Gasteiger partial charge in [-0.05, 0) is 18.6 Å². The van der Waals surface area contributed by atoms with E-state index in [0.29, 0.717) is 6.61 Å². The van der Waals surface area contributed by atoms with Gasteiger partial charge < -0.3 is 19.9 Å². The molecule has 0 aromatic heterocycles. The molecule has 1 atom stereocenters. The Morgan fingerprint density at radius 3 is 3.06 bits per heavy atom. The number of hydrogen-bond acceptors (Lipinski definition) is 4. The second-order valence-corrected chi connectivity index (χ2v) is 4.13. The standard InChI is InChI=1S/C13H19NO3/c14-11-3-1-4-12(9-11)16-6-2-7-17-13-5-8-15-10-13/h1,3-4,9,13H,2,5-8,10,14H2. The quantitative estimate of drug-likeness (QED) is 0.606. The lowest BCUT2D eigenvalue weighted by molar-refractivity contribution is 0.0366. The monoisotopic (exact) mass is 237 g/mol. The Bertz CT molecular complexity index is 337. The van der Waals surface area contributed by atoms with Crippen molar-refractivity contribution in [2.45, 2.75) is 18.9 Å². The van der Waals surface area contributed by atoms with Gasteiger partial charge in [0.05, 0.1) is 25.9 Å². The van der Waals surface area contributed by atoms with Crippen molar-refractivity contribution >= 4 is 5.69 Å². The summed E-state index contributed by atoms with van der Waals surface area (Å²) in [6.07, 6.45) is 2.17. The maximum Gasteiger partial charge on any atom is 0.121 e. The third-order valence-corrected chi connectivity index (χ3v) is 2.66. The molecule has 4 nitrogen and oxygen atoms in total. The van der Waals surface area contributed by atoms with Crippen LogP contribution in [0.25, 0.3) is 0 Å². The summed E-state index contributed by atoms with van der Waals surface area (Å²) in [5.41, 5.74) is 6.38. The Balaban J connectivity index is 1.56. The zero-order valence-corrected chi connectivity index (χ0v) is 9.93. The average Bonchev–Trinajstić information content (AvgIpc) is 2.82. The summed E-state index contributed by atoms with van der Waals surface area (Å²) < 4.78 is 16.4. The van der Waals surface area contributed by atoms with Crippen molar-refractivity contribution < 1.29 is 14.2 Å². The summed E-state index contributed by atoms with van der Waals surface area (Å²) >= 11 is 0. The second-order valence-electron chi connectivity index (χ2n) is 4.13. The number of anilines is 1. The molecule has 2 N–H and O–H groups in total. The summed E-state index contributed by atoms with van der Waals surface area (Å²) in [6.45, 7) is 2.92. The molecule has 1 aromatic rings. The molecule has 1 aliphatic rings. The maximum absolute atomic E-state index is 5.65. The first-order chi connectivity index (χ1) is 8.34. The molecule has 0 radical (unpaired) electrons. The number of nitrogen functional groups attached to an aromatic ring is 1. The zero-order valence-electron chi connectivity index (χ0n) is 9.93. The fourth-order valence-electron chi connectivity index (χ4n) is 1.75. The predicted octanol–water partition coefficient (Wildman–Crippen LogP) is 1.84. The Hall–Kier alpha value is -1.26. The van der Waals surface area contributed by atoms with Crippen LogP contribution in [0.4, 0.5) is 5.69 Å². The van der Waals surface area contributed by atoms with E-state index in [2.05, 4.69) is 0 Å². The Labute approximate surface area is 102 Å². The smallest absolute Gasteiger partial charge is 0.121 e. The minimum Gasteiger partial charge on any atom is -0.493 e. The molecule has 1 aliphatic heterocycles. The van der Waals surface area contributed by atoms with Crippen LogP contribution in [0.1, 0.15) is 12.8 Å². The number of ether oxygens (including phenoxy) is 3. The van der Waals surface area contributed by atoms with Gasteiger partial charge in [0, 0.05) is 24.8 Å². The lowest BCUT2D eigenvalue weighted by Gasteiger charge is -2.10. The van der Waals surface area contributed by atoms with Crippen molar-refractivity contribution in [3.63, 3.8) is 0 Å². The fourth-order valence-corrected chi connectivity index (χ4v) is 1.75. The van der Waals surface area contributed by atoms with Crippen molar-refractivity contribution in [1.29, 1.82) is 0 Å². The number of hydrogen-bond donors (Lipinski definition) is 1. The molecule has 17 heavy (non-hydrogen) atoms. The second kappa shape index (κ2) is 6.47. The van der Waals surface area contributed by atoms with Crippen molar-refractivity contribution in [2.75, 3.05) is 32.2 Å². The lowest BCUT2D eigenvalue weighted by Crippen LogP contribution is -2.14. The van der Waals surface area contributed by atoms with Crippen LogP contribution < -0.4 is 10.5 Å². The van der Waals surface area contributed by atoms with Crippen LogP contribution in [0.15, 0.2) is 24.3 Å². The van der Waals surface area contributed by atoms with E-state index in [1.54, 1.807) is 0 Å². The first-order valence-electron chi connectivity index (χ1n) is 6.02. The third kappa shape index (κ3) is 4.24. The largest absolute Gasteiger partial charge is 0.493 e. The highest BCUT2D eigenvalue weighted by Crippen LogP contribution is 2.14. The van der Waals surface area contributed by atoms with Crippen LogP contribution in [-0.4, -0.2) is 32.5 Å². The molecule has 1 unspecified atom stereocenters. The summed E-state index contributed by atoms with van der Waals surface area (Å²) in [4.78, 5) is 0.